The minimum atomic E-state index is 0.254. The van der Waals surface area contributed by atoms with E-state index in [0.717, 1.165) is 12.4 Å². The summed E-state index contributed by atoms with van der Waals surface area (Å²) >= 11 is 0. The number of nitrogens with one attached hydrogen (secondary N) is 1. The van der Waals surface area contributed by atoms with Gasteiger partial charge in [0.1, 0.15) is 5.75 Å². The van der Waals surface area contributed by atoms with Crippen molar-refractivity contribution in [3.63, 3.8) is 0 Å². The lowest BCUT2D eigenvalue weighted by molar-refractivity contribution is 0.0300. The third-order valence-corrected chi connectivity index (χ3v) is 4.24. The Bertz CT molecular complexity index is 383. The van der Waals surface area contributed by atoms with Gasteiger partial charge in [-0.1, -0.05) is 37.8 Å². The van der Waals surface area contributed by atoms with Crippen LogP contribution in [-0.4, -0.2) is 26.4 Å². The highest BCUT2D eigenvalue weighted by molar-refractivity contribution is 5.29. The fourth-order valence-corrected chi connectivity index (χ4v) is 2.95. The molecule has 2 rings (SSSR count). The van der Waals surface area contributed by atoms with E-state index in [9.17, 15) is 0 Å². The van der Waals surface area contributed by atoms with Crippen LogP contribution in [0.4, 0.5) is 0 Å². The molecule has 0 heterocycles. The molecule has 0 amide bonds. The van der Waals surface area contributed by atoms with Crippen molar-refractivity contribution in [3.8, 4) is 5.75 Å². The zero-order valence-electron chi connectivity index (χ0n) is 13.4. The molecular weight excluding hydrogens is 262 g/mol. The summed E-state index contributed by atoms with van der Waals surface area (Å²) < 4.78 is 11.6. The Labute approximate surface area is 129 Å². The van der Waals surface area contributed by atoms with E-state index in [1.807, 2.05) is 26.1 Å². The van der Waals surface area contributed by atoms with Gasteiger partial charge < -0.3 is 14.8 Å². The average molecular weight is 291 g/mol. The molecule has 0 spiro atoms. The molecule has 1 unspecified atom stereocenters. The molecule has 1 aliphatic carbocycles. The van der Waals surface area contributed by atoms with Crippen molar-refractivity contribution in [2.45, 2.75) is 57.6 Å². The van der Waals surface area contributed by atoms with Crippen LogP contribution in [0.15, 0.2) is 24.3 Å². The Balaban J connectivity index is 1.86. The minimum Gasteiger partial charge on any atom is -0.494 e. The third-order valence-electron chi connectivity index (χ3n) is 4.24. The minimum absolute atomic E-state index is 0.254. The highest BCUT2D eigenvalue weighted by atomic mass is 16.5. The van der Waals surface area contributed by atoms with Gasteiger partial charge in [0, 0.05) is 0 Å². The van der Waals surface area contributed by atoms with Crippen LogP contribution in [0.1, 0.15) is 57.1 Å². The van der Waals surface area contributed by atoms with Gasteiger partial charge in [-0.2, -0.15) is 0 Å². The summed E-state index contributed by atoms with van der Waals surface area (Å²) in [7, 11) is 2.00. The standard InChI is InChI=1S/C18H29NO2/c1-3-20-17-12-10-15(11-13-17)18(19-2)14-21-16-8-6-4-5-7-9-16/h10-13,16,18-19H,3-9,14H2,1-2H3. The second kappa shape index (κ2) is 9.06. The zero-order valence-corrected chi connectivity index (χ0v) is 13.4. The summed E-state index contributed by atoms with van der Waals surface area (Å²) in [5.41, 5.74) is 1.26. The van der Waals surface area contributed by atoms with E-state index >= 15 is 0 Å². The molecule has 1 fully saturated rings. The van der Waals surface area contributed by atoms with Crippen molar-refractivity contribution in [3.05, 3.63) is 29.8 Å². The van der Waals surface area contributed by atoms with Crippen LogP contribution >= 0.6 is 0 Å². The fraction of sp³-hybridized carbons (Fsp3) is 0.667. The molecule has 118 valence electrons. The Morgan fingerprint density at radius 2 is 1.76 bits per heavy atom. The maximum atomic E-state index is 6.15. The molecule has 1 N–H and O–H groups in total. The van der Waals surface area contributed by atoms with Gasteiger partial charge in [0.05, 0.1) is 25.4 Å². The van der Waals surface area contributed by atoms with Gasteiger partial charge in [-0.15, -0.1) is 0 Å². The Kier molecular flexibility index (Phi) is 7.04. The molecule has 0 aliphatic heterocycles. The number of benzene rings is 1. The first-order chi connectivity index (χ1) is 10.3. The molecule has 3 nitrogen and oxygen atoms in total. The zero-order chi connectivity index (χ0) is 14.9. The van der Waals surface area contributed by atoms with Crippen LogP contribution in [0.25, 0.3) is 0 Å². The average Bonchev–Trinajstić information content (AvgIpc) is 2.78. The summed E-state index contributed by atoms with van der Waals surface area (Å²) in [4.78, 5) is 0. The quantitative estimate of drug-likeness (QED) is 0.768. The number of rotatable bonds is 7. The van der Waals surface area contributed by atoms with Crippen molar-refractivity contribution < 1.29 is 9.47 Å². The lowest BCUT2D eigenvalue weighted by atomic mass is 10.1. The number of ether oxygens (including phenoxy) is 2. The van der Waals surface area contributed by atoms with Crippen LogP contribution in [0, 0.1) is 0 Å². The SMILES string of the molecule is CCOc1ccc(C(COC2CCCCCC2)NC)cc1. The molecule has 0 aromatic heterocycles. The van der Waals surface area contributed by atoms with E-state index in [0.29, 0.717) is 12.7 Å². The Morgan fingerprint density at radius 3 is 2.33 bits per heavy atom. The largest absolute Gasteiger partial charge is 0.494 e. The molecule has 1 aromatic rings. The van der Waals surface area contributed by atoms with Gasteiger partial charge in [0.15, 0.2) is 0 Å². The van der Waals surface area contributed by atoms with Gasteiger partial charge in [-0.25, -0.2) is 0 Å². The third kappa shape index (κ3) is 5.33. The maximum Gasteiger partial charge on any atom is 0.119 e. The van der Waals surface area contributed by atoms with Gasteiger partial charge in [-0.05, 0) is 44.5 Å². The van der Waals surface area contributed by atoms with E-state index in [4.69, 9.17) is 9.47 Å². The highest BCUT2D eigenvalue weighted by Gasteiger charge is 2.16. The van der Waals surface area contributed by atoms with Crippen LogP contribution < -0.4 is 10.1 Å². The van der Waals surface area contributed by atoms with Crippen molar-refractivity contribution in [1.82, 2.24) is 5.32 Å². The Morgan fingerprint density at radius 1 is 1.10 bits per heavy atom. The van der Waals surface area contributed by atoms with E-state index in [1.54, 1.807) is 0 Å². The second-order valence-electron chi connectivity index (χ2n) is 5.79. The lowest BCUT2D eigenvalue weighted by Gasteiger charge is -2.21. The molecule has 0 saturated heterocycles. The summed E-state index contributed by atoms with van der Waals surface area (Å²) in [5, 5.41) is 3.36. The van der Waals surface area contributed by atoms with Crippen molar-refractivity contribution >= 4 is 0 Å². The summed E-state index contributed by atoms with van der Waals surface area (Å²) in [6, 6.07) is 8.58. The Hall–Kier alpha value is -1.06. The van der Waals surface area contributed by atoms with Crippen molar-refractivity contribution in [2.24, 2.45) is 0 Å². The summed E-state index contributed by atoms with van der Waals surface area (Å²) in [6.07, 6.45) is 8.27. The second-order valence-corrected chi connectivity index (χ2v) is 5.79. The molecule has 0 bridgehead atoms. The number of hydrogen-bond donors (Lipinski definition) is 1. The van der Waals surface area contributed by atoms with Gasteiger partial charge in [0.2, 0.25) is 0 Å². The van der Waals surface area contributed by atoms with E-state index in [-0.39, 0.29) is 6.04 Å². The number of hydrogen-bond acceptors (Lipinski definition) is 3. The molecular formula is C18H29NO2. The van der Waals surface area contributed by atoms with Gasteiger partial charge in [-0.3, -0.25) is 0 Å². The van der Waals surface area contributed by atoms with Crippen LogP contribution in [0.2, 0.25) is 0 Å². The van der Waals surface area contributed by atoms with E-state index in [1.165, 1.54) is 44.1 Å². The molecule has 1 aliphatic rings. The first kappa shape index (κ1) is 16.3. The molecule has 3 heteroatoms. The van der Waals surface area contributed by atoms with Crippen LogP contribution in [-0.2, 0) is 4.74 Å². The van der Waals surface area contributed by atoms with Crippen molar-refractivity contribution in [2.75, 3.05) is 20.3 Å². The normalized spacial score (nSPS) is 18.2. The number of likely N-dealkylation sites (N-methyl/N-ethyl adjacent to an activating group) is 1. The van der Waals surface area contributed by atoms with Gasteiger partial charge >= 0.3 is 0 Å². The van der Waals surface area contributed by atoms with Crippen molar-refractivity contribution in [1.29, 1.82) is 0 Å². The molecule has 21 heavy (non-hydrogen) atoms. The van der Waals surface area contributed by atoms with E-state index in [2.05, 4.69) is 17.4 Å². The van der Waals surface area contributed by atoms with Crippen LogP contribution in [0.5, 0.6) is 5.75 Å². The summed E-state index contributed by atoms with van der Waals surface area (Å²) in [5.74, 6) is 0.931. The topological polar surface area (TPSA) is 30.5 Å². The first-order valence-corrected chi connectivity index (χ1v) is 8.35. The maximum absolute atomic E-state index is 6.15. The summed E-state index contributed by atoms with van der Waals surface area (Å²) in [6.45, 7) is 3.46. The molecule has 1 atom stereocenters. The monoisotopic (exact) mass is 291 g/mol. The fourth-order valence-electron chi connectivity index (χ4n) is 2.95. The smallest absolute Gasteiger partial charge is 0.119 e. The molecule has 1 aromatic carbocycles. The highest BCUT2D eigenvalue weighted by Crippen LogP contribution is 2.23. The predicted octanol–water partition coefficient (Wildman–Crippen LogP) is 4.09. The predicted molar refractivity (Wildman–Crippen MR) is 86.9 cm³/mol. The van der Waals surface area contributed by atoms with Crippen LogP contribution in [0.3, 0.4) is 0 Å². The molecule has 0 radical (unpaired) electrons. The van der Waals surface area contributed by atoms with E-state index < -0.39 is 0 Å². The molecule has 1 saturated carbocycles. The van der Waals surface area contributed by atoms with Gasteiger partial charge in [0.25, 0.3) is 0 Å². The first-order valence-electron chi connectivity index (χ1n) is 8.35. The lowest BCUT2D eigenvalue weighted by Crippen LogP contribution is -2.25.